The SMILES string of the molecule is COc1cccc(F)c1-n1c(C(F)(F)F)nc2c(N3CCNC(CC#N)C3)nc(OCC3CCCN3C)nc2c1=O. The van der Waals surface area contributed by atoms with Gasteiger partial charge in [0.15, 0.2) is 17.2 Å². The van der Waals surface area contributed by atoms with Crippen molar-refractivity contribution >= 4 is 16.9 Å². The summed E-state index contributed by atoms with van der Waals surface area (Å²) < 4.78 is 69.5. The molecule has 3 aromatic rings. The van der Waals surface area contributed by atoms with Crippen LogP contribution in [-0.4, -0.2) is 83.4 Å². The summed E-state index contributed by atoms with van der Waals surface area (Å²) in [4.78, 5) is 30.1. The Hall–Kier alpha value is -4.03. The predicted molar refractivity (Wildman–Crippen MR) is 140 cm³/mol. The largest absolute Gasteiger partial charge is 0.494 e. The molecule has 2 atom stereocenters. The van der Waals surface area contributed by atoms with Crippen LogP contribution in [0.25, 0.3) is 16.7 Å². The summed E-state index contributed by atoms with van der Waals surface area (Å²) in [6.45, 7) is 2.03. The first kappa shape index (κ1) is 28.5. The standard InChI is InChI=1S/C26H28F4N8O3/c1-36-11-4-5-16(36)14-41-25-34-20-19(22(35-25)37-12-10-32-15(13-37)8-9-31)33-24(26(28,29)30)38(23(20)39)21-17(27)6-3-7-18(21)40-2/h3,6-7,15-16,32H,4-5,8,10-14H2,1-2H3. The van der Waals surface area contributed by atoms with Crippen molar-refractivity contribution in [2.45, 2.75) is 37.5 Å². The third kappa shape index (κ3) is 5.62. The second kappa shape index (κ2) is 11.5. The number of rotatable bonds is 7. The lowest BCUT2D eigenvalue weighted by atomic mass is 10.1. The van der Waals surface area contributed by atoms with E-state index >= 15 is 4.39 Å². The second-order valence-electron chi connectivity index (χ2n) is 9.94. The van der Waals surface area contributed by atoms with Crippen LogP contribution in [0.2, 0.25) is 0 Å². The summed E-state index contributed by atoms with van der Waals surface area (Å²) in [6, 6.07) is 5.05. The topological polar surface area (TPSA) is 121 Å². The Kier molecular flexibility index (Phi) is 7.96. The minimum atomic E-state index is -5.16. The molecule has 0 spiro atoms. The van der Waals surface area contributed by atoms with Gasteiger partial charge in [-0.25, -0.2) is 13.9 Å². The monoisotopic (exact) mass is 576 g/mol. The second-order valence-corrected chi connectivity index (χ2v) is 9.94. The lowest BCUT2D eigenvalue weighted by molar-refractivity contribution is -0.146. The number of nitrogens with one attached hydrogen (secondary N) is 1. The van der Waals surface area contributed by atoms with Gasteiger partial charge in [0, 0.05) is 31.7 Å². The van der Waals surface area contributed by atoms with Gasteiger partial charge in [0.25, 0.3) is 5.56 Å². The summed E-state index contributed by atoms with van der Waals surface area (Å²) in [7, 11) is 3.10. The van der Waals surface area contributed by atoms with Gasteiger partial charge in [0.05, 0.1) is 19.6 Å². The van der Waals surface area contributed by atoms with E-state index in [1.165, 1.54) is 12.1 Å². The number of nitrogens with zero attached hydrogens (tertiary/aromatic N) is 7. The van der Waals surface area contributed by atoms with Crippen LogP contribution in [0.5, 0.6) is 11.8 Å². The Morgan fingerprint density at radius 3 is 2.68 bits per heavy atom. The maximum atomic E-state index is 15.0. The molecule has 218 valence electrons. The fourth-order valence-corrected chi connectivity index (χ4v) is 5.22. The zero-order valence-electron chi connectivity index (χ0n) is 22.4. The van der Waals surface area contributed by atoms with Crippen molar-refractivity contribution in [1.82, 2.24) is 29.7 Å². The number of methoxy groups -OCH3 is 1. The number of fused-ring (bicyclic) bond motifs is 1. The third-order valence-electron chi connectivity index (χ3n) is 7.30. The third-order valence-corrected chi connectivity index (χ3v) is 7.30. The highest BCUT2D eigenvalue weighted by Crippen LogP contribution is 2.35. The molecule has 2 saturated heterocycles. The molecular formula is C26H28F4N8O3. The van der Waals surface area contributed by atoms with Gasteiger partial charge in [0.2, 0.25) is 5.82 Å². The molecule has 0 amide bonds. The number of hydrogen-bond acceptors (Lipinski definition) is 10. The number of para-hydroxylation sites is 1. The van der Waals surface area contributed by atoms with Gasteiger partial charge in [-0.15, -0.1) is 0 Å². The summed E-state index contributed by atoms with van der Waals surface area (Å²) in [5, 5.41) is 12.4. The lowest BCUT2D eigenvalue weighted by Crippen LogP contribution is -2.51. The quantitative estimate of drug-likeness (QED) is 0.420. The van der Waals surface area contributed by atoms with E-state index in [9.17, 15) is 23.2 Å². The highest BCUT2D eigenvalue weighted by molar-refractivity contribution is 5.86. The van der Waals surface area contributed by atoms with Crippen molar-refractivity contribution < 1.29 is 27.0 Å². The van der Waals surface area contributed by atoms with Crippen LogP contribution in [0.1, 0.15) is 25.1 Å². The number of ether oxygens (including phenoxy) is 2. The molecule has 4 heterocycles. The number of aromatic nitrogens is 4. The molecule has 1 aromatic carbocycles. The fraction of sp³-hybridized carbons (Fsp3) is 0.500. The number of piperazine rings is 1. The van der Waals surface area contributed by atoms with E-state index in [-0.39, 0.29) is 53.8 Å². The van der Waals surface area contributed by atoms with Crippen molar-refractivity contribution in [3.63, 3.8) is 0 Å². The van der Waals surface area contributed by atoms with Crippen LogP contribution in [-0.2, 0) is 6.18 Å². The first-order valence-corrected chi connectivity index (χ1v) is 13.1. The van der Waals surface area contributed by atoms with Crippen molar-refractivity contribution in [1.29, 1.82) is 5.26 Å². The molecular weight excluding hydrogens is 548 g/mol. The Morgan fingerprint density at radius 2 is 2.00 bits per heavy atom. The number of likely N-dealkylation sites (N-methyl/N-ethyl adjacent to an activating group) is 1. The first-order valence-electron chi connectivity index (χ1n) is 13.1. The molecule has 0 saturated carbocycles. The molecule has 0 bridgehead atoms. The van der Waals surface area contributed by atoms with Crippen LogP contribution in [0.3, 0.4) is 0 Å². The Labute approximate surface area is 232 Å². The minimum absolute atomic E-state index is 0.0375. The first-order chi connectivity index (χ1) is 19.6. The van der Waals surface area contributed by atoms with Crippen molar-refractivity contribution in [2.75, 3.05) is 51.8 Å². The van der Waals surface area contributed by atoms with Gasteiger partial charge in [-0.2, -0.15) is 28.4 Å². The number of benzene rings is 1. The number of hydrogen-bond donors (Lipinski definition) is 1. The molecule has 5 rings (SSSR count). The molecule has 2 unspecified atom stereocenters. The number of anilines is 1. The molecule has 2 aromatic heterocycles. The van der Waals surface area contributed by atoms with E-state index in [4.69, 9.17) is 9.47 Å². The molecule has 11 nitrogen and oxygen atoms in total. The van der Waals surface area contributed by atoms with Gasteiger partial charge in [-0.1, -0.05) is 6.07 Å². The Bertz CT molecular complexity index is 1540. The summed E-state index contributed by atoms with van der Waals surface area (Å²) in [6.07, 6.45) is -3.15. The van der Waals surface area contributed by atoms with E-state index in [0.717, 1.165) is 32.6 Å². The molecule has 2 fully saturated rings. The van der Waals surface area contributed by atoms with E-state index in [1.807, 2.05) is 7.05 Å². The Balaban J connectivity index is 1.74. The molecule has 0 aliphatic carbocycles. The highest BCUT2D eigenvalue weighted by atomic mass is 19.4. The van der Waals surface area contributed by atoms with Crippen LogP contribution < -0.4 is 25.2 Å². The van der Waals surface area contributed by atoms with Gasteiger partial charge < -0.3 is 24.6 Å². The maximum Gasteiger partial charge on any atom is 0.450 e. The summed E-state index contributed by atoms with van der Waals surface area (Å²) in [5.41, 5.74) is -2.88. The van der Waals surface area contributed by atoms with Crippen molar-refractivity contribution in [3.8, 4) is 23.5 Å². The number of likely N-dealkylation sites (tertiary alicyclic amines) is 1. The van der Waals surface area contributed by atoms with Gasteiger partial charge in [-0.3, -0.25) is 4.79 Å². The van der Waals surface area contributed by atoms with Crippen LogP contribution in [0.4, 0.5) is 23.4 Å². The smallest absolute Gasteiger partial charge is 0.450 e. The average Bonchev–Trinajstić information content (AvgIpc) is 3.36. The van der Waals surface area contributed by atoms with E-state index in [0.29, 0.717) is 13.1 Å². The molecule has 2 aliphatic heterocycles. The normalized spacial score (nSPS) is 19.9. The molecule has 1 N–H and O–H groups in total. The van der Waals surface area contributed by atoms with Crippen LogP contribution >= 0.6 is 0 Å². The highest BCUT2D eigenvalue weighted by Gasteiger charge is 2.40. The fourth-order valence-electron chi connectivity index (χ4n) is 5.22. The predicted octanol–water partition coefficient (Wildman–Crippen LogP) is 2.51. The average molecular weight is 577 g/mol. The van der Waals surface area contributed by atoms with Crippen LogP contribution in [0.15, 0.2) is 23.0 Å². The number of alkyl halides is 3. The minimum Gasteiger partial charge on any atom is -0.494 e. The van der Waals surface area contributed by atoms with E-state index < -0.39 is 40.1 Å². The van der Waals surface area contributed by atoms with Crippen LogP contribution in [0, 0.1) is 17.1 Å². The zero-order valence-corrected chi connectivity index (χ0v) is 22.4. The van der Waals surface area contributed by atoms with Crippen molar-refractivity contribution in [2.24, 2.45) is 0 Å². The van der Waals surface area contributed by atoms with Gasteiger partial charge in [-0.05, 0) is 38.6 Å². The molecule has 0 radical (unpaired) electrons. The van der Waals surface area contributed by atoms with E-state index in [2.05, 4.69) is 31.2 Å². The molecule has 2 aliphatic rings. The van der Waals surface area contributed by atoms with Gasteiger partial charge in [0.1, 0.15) is 23.6 Å². The van der Waals surface area contributed by atoms with Crippen molar-refractivity contribution in [3.05, 3.63) is 40.2 Å². The molecule has 15 heteroatoms. The summed E-state index contributed by atoms with van der Waals surface area (Å²) >= 11 is 0. The maximum absolute atomic E-state index is 15.0. The zero-order chi connectivity index (χ0) is 29.3. The van der Waals surface area contributed by atoms with E-state index in [1.54, 1.807) is 4.90 Å². The molecule has 41 heavy (non-hydrogen) atoms. The summed E-state index contributed by atoms with van der Waals surface area (Å²) in [5.74, 6) is -3.11. The van der Waals surface area contributed by atoms with Gasteiger partial charge >= 0.3 is 12.2 Å². The lowest BCUT2D eigenvalue weighted by Gasteiger charge is -2.34. The number of halogens is 4. The number of nitriles is 1. The Morgan fingerprint density at radius 1 is 1.20 bits per heavy atom.